The Labute approximate surface area is 115 Å². The van der Waals surface area contributed by atoms with Crippen molar-refractivity contribution in [2.45, 2.75) is 17.9 Å². The van der Waals surface area contributed by atoms with Gasteiger partial charge in [-0.25, -0.2) is 0 Å². The molecule has 0 bridgehead atoms. The van der Waals surface area contributed by atoms with Gasteiger partial charge in [-0.05, 0) is 18.1 Å². The van der Waals surface area contributed by atoms with Crippen LogP contribution in [0.15, 0.2) is 21.5 Å². The SMILES string of the molecule is C/C=C1/C(=C2SCCS2)C(C)C12SCCS2. The van der Waals surface area contributed by atoms with Crippen LogP contribution in [-0.4, -0.2) is 27.1 Å². The molecule has 1 atom stereocenters. The van der Waals surface area contributed by atoms with E-state index >= 15 is 0 Å². The summed E-state index contributed by atoms with van der Waals surface area (Å²) in [6, 6.07) is 0. The van der Waals surface area contributed by atoms with Gasteiger partial charge in [0.25, 0.3) is 0 Å². The van der Waals surface area contributed by atoms with Gasteiger partial charge in [-0.3, -0.25) is 0 Å². The van der Waals surface area contributed by atoms with E-state index in [0.29, 0.717) is 4.08 Å². The average Bonchev–Trinajstić information content (AvgIpc) is 2.95. The molecule has 16 heavy (non-hydrogen) atoms. The van der Waals surface area contributed by atoms with Crippen molar-refractivity contribution in [3.63, 3.8) is 0 Å². The molecule has 0 aromatic heterocycles. The van der Waals surface area contributed by atoms with Crippen molar-refractivity contribution in [1.29, 1.82) is 0 Å². The molecule has 4 heteroatoms. The highest BCUT2D eigenvalue weighted by Crippen LogP contribution is 2.68. The lowest BCUT2D eigenvalue weighted by Gasteiger charge is -2.49. The highest BCUT2D eigenvalue weighted by Gasteiger charge is 2.56. The Morgan fingerprint density at radius 2 is 1.75 bits per heavy atom. The van der Waals surface area contributed by atoms with Crippen molar-refractivity contribution in [3.05, 3.63) is 21.5 Å². The van der Waals surface area contributed by atoms with Gasteiger partial charge in [0.2, 0.25) is 0 Å². The fourth-order valence-electron chi connectivity index (χ4n) is 2.71. The summed E-state index contributed by atoms with van der Waals surface area (Å²) in [5, 5.41) is 0. The summed E-state index contributed by atoms with van der Waals surface area (Å²) in [5.74, 6) is 6.02. The van der Waals surface area contributed by atoms with E-state index in [1.165, 1.54) is 23.0 Å². The van der Waals surface area contributed by atoms with Crippen LogP contribution in [0.3, 0.4) is 0 Å². The van der Waals surface area contributed by atoms with Crippen LogP contribution in [0.2, 0.25) is 0 Å². The number of allylic oxidation sites excluding steroid dienone is 2. The first-order valence-electron chi connectivity index (χ1n) is 5.74. The quantitative estimate of drug-likeness (QED) is 0.645. The van der Waals surface area contributed by atoms with E-state index in [0.717, 1.165) is 5.92 Å². The van der Waals surface area contributed by atoms with Crippen LogP contribution in [0.4, 0.5) is 0 Å². The minimum absolute atomic E-state index is 0.431. The van der Waals surface area contributed by atoms with Gasteiger partial charge < -0.3 is 0 Å². The number of hydrogen-bond acceptors (Lipinski definition) is 4. The first-order chi connectivity index (χ1) is 7.79. The lowest BCUT2D eigenvalue weighted by atomic mass is 9.75. The van der Waals surface area contributed by atoms with E-state index in [2.05, 4.69) is 67.0 Å². The zero-order chi connectivity index (χ0) is 11.2. The van der Waals surface area contributed by atoms with E-state index < -0.39 is 0 Å². The van der Waals surface area contributed by atoms with E-state index in [-0.39, 0.29) is 0 Å². The molecule has 2 saturated heterocycles. The second-order valence-electron chi connectivity index (χ2n) is 4.19. The molecule has 0 radical (unpaired) electrons. The second kappa shape index (κ2) is 4.52. The minimum atomic E-state index is 0.431. The lowest BCUT2D eigenvalue weighted by Crippen LogP contribution is -2.43. The molecule has 0 aromatic carbocycles. The molecule has 3 fully saturated rings. The molecule has 0 nitrogen and oxygen atoms in total. The van der Waals surface area contributed by atoms with Gasteiger partial charge in [0, 0.05) is 33.2 Å². The van der Waals surface area contributed by atoms with Crippen LogP contribution in [0, 0.1) is 5.92 Å². The fourth-order valence-corrected chi connectivity index (χ4v) is 9.07. The zero-order valence-corrected chi connectivity index (χ0v) is 12.9. The zero-order valence-electron chi connectivity index (χ0n) is 9.62. The van der Waals surface area contributed by atoms with Gasteiger partial charge >= 0.3 is 0 Å². The molecule has 88 valence electrons. The van der Waals surface area contributed by atoms with Crippen molar-refractivity contribution in [1.82, 2.24) is 0 Å². The normalized spacial score (nSPS) is 35.1. The van der Waals surface area contributed by atoms with Crippen molar-refractivity contribution in [2.75, 3.05) is 23.0 Å². The van der Waals surface area contributed by atoms with Gasteiger partial charge in [-0.15, -0.1) is 47.0 Å². The maximum absolute atomic E-state index is 2.43. The van der Waals surface area contributed by atoms with Gasteiger partial charge in [-0.2, -0.15) is 0 Å². The van der Waals surface area contributed by atoms with E-state index in [9.17, 15) is 0 Å². The summed E-state index contributed by atoms with van der Waals surface area (Å²) in [4.78, 5) is 0. The predicted molar refractivity (Wildman–Crippen MR) is 82.5 cm³/mol. The topological polar surface area (TPSA) is 0 Å². The molecule has 3 rings (SSSR count). The molecule has 0 aromatic rings. The van der Waals surface area contributed by atoms with E-state index in [4.69, 9.17) is 0 Å². The third kappa shape index (κ3) is 1.56. The molecule has 3 aliphatic rings. The maximum atomic E-state index is 2.43. The van der Waals surface area contributed by atoms with E-state index in [1.54, 1.807) is 15.4 Å². The molecule has 2 aliphatic heterocycles. The molecule has 1 spiro atoms. The highest BCUT2D eigenvalue weighted by atomic mass is 32.2. The van der Waals surface area contributed by atoms with Gasteiger partial charge in [-0.1, -0.05) is 13.0 Å². The summed E-state index contributed by atoms with van der Waals surface area (Å²) in [6.07, 6.45) is 2.37. The van der Waals surface area contributed by atoms with Crippen LogP contribution in [-0.2, 0) is 0 Å². The summed E-state index contributed by atoms with van der Waals surface area (Å²) < 4.78 is 2.06. The Balaban J connectivity index is 1.97. The standard InChI is InChI=1S/C12H16S4/c1-3-9-10(11-13-4-5-14-11)8(2)12(9)15-6-7-16-12/h3,8H,4-7H2,1-2H3/b9-3-. The molecule has 0 N–H and O–H groups in total. The predicted octanol–water partition coefficient (Wildman–Crippen LogP) is 4.45. The third-order valence-electron chi connectivity index (χ3n) is 3.44. The Morgan fingerprint density at radius 3 is 2.31 bits per heavy atom. The van der Waals surface area contributed by atoms with Crippen LogP contribution in [0.1, 0.15) is 13.8 Å². The Hall–Kier alpha value is 0.880. The first kappa shape index (κ1) is 11.9. The van der Waals surface area contributed by atoms with Crippen LogP contribution in [0.5, 0.6) is 0 Å². The lowest BCUT2D eigenvalue weighted by molar-refractivity contribution is 0.573. The Bertz CT molecular complexity index is 355. The number of rotatable bonds is 0. The van der Waals surface area contributed by atoms with Crippen LogP contribution in [0.25, 0.3) is 0 Å². The fraction of sp³-hybridized carbons (Fsp3) is 0.667. The molecule has 0 amide bonds. The number of thioether (sulfide) groups is 4. The van der Waals surface area contributed by atoms with Gasteiger partial charge in [0.05, 0.1) is 4.08 Å². The van der Waals surface area contributed by atoms with Crippen LogP contribution < -0.4 is 0 Å². The molecule has 1 aliphatic carbocycles. The highest BCUT2D eigenvalue weighted by molar-refractivity contribution is 8.25. The molecule has 1 unspecified atom stereocenters. The average molecular weight is 289 g/mol. The minimum Gasteiger partial charge on any atom is -0.138 e. The smallest absolute Gasteiger partial charge is 0.0927 e. The van der Waals surface area contributed by atoms with Crippen molar-refractivity contribution < 1.29 is 0 Å². The molecule has 1 saturated carbocycles. The maximum Gasteiger partial charge on any atom is 0.0927 e. The monoisotopic (exact) mass is 288 g/mol. The second-order valence-corrected chi connectivity index (χ2v) is 9.60. The summed E-state index contributed by atoms with van der Waals surface area (Å²) in [7, 11) is 0. The first-order valence-corrected chi connectivity index (χ1v) is 9.68. The molecule has 2 heterocycles. The molecular weight excluding hydrogens is 272 g/mol. The summed E-state index contributed by atoms with van der Waals surface area (Å²) in [5.41, 5.74) is 3.32. The molecular formula is C12H16S4. The van der Waals surface area contributed by atoms with Crippen molar-refractivity contribution >= 4 is 47.0 Å². The van der Waals surface area contributed by atoms with E-state index in [1.807, 2.05) is 0 Å². The van der Waals surface area contributed by atoms with Gasteiger partial charge in [0.1, 0.15) is 0 Å². The van der Waals surface area contributed by atoms with Crippen molar-refractivity contribution in [2.24, 2.45) is 5.92 Å². The third-order valence-corrected chi connectivity index (χ3v) is 9.98. The summed E-state index contributed by atoms with van der Waals surface area (Å²) >= 11 is 8.50. The van der Waals surface area contributed by atoms with Crippen molar-refractivity contribution in [3.8, 4) is 0 Å². The summed E-state index contributed by atoms with van der Waals surface area (Å²) in [6.45, 7) is 4.65. The number of hydrogen-bond donors (Lipinski definition) is 0. The Kier molecular flexibility index (Phi) is 3.38. The van der Waals surface area contributed by atoms with Gasteiger partial charge in [0.15, 0.2) is 0 Å². The Morgan fingerprint density at radius 1 is 1.12 bits per heavy atom. The van der Waals surface area contributed by atoms with Crippen LogP contribution >= 0.6 is 47.0 Å². The largest absolute Gasteiger partial charge is 0.138 e.